The van der Waals surface area contributed by atoms with Gasteiger partial charge in [-0.3, -0.25) is 4.79 Å². The first-order valence-electron chi connectivity index (χ1n) is 6.79. The lowest BCUT2D eigenvalue weighted by molar-refractivity contribution is -0.116. The molecule has 0 radical (unpaired) electrons. The number of carbonyl (C=O) groups is 1. The van der Waals surface area contributed by atoms with E-state index in [0.29, 0.717) is 18.4 Å². The minimum Gasteiger partial charge on any atom is -0.382 e. The zero-order chi connectivity index (χ0) is 13.1. The fraction of sp³-hybridized carbons (Fsp3) is 0.533. The van der Waals surface area contributed by atoms with Crippen molar-refractivity contribution >= 4 is 17.3 Å². The Hall–Kier alpha value is -1.51. The fourth-order valence-electron chi connectivity index (χ4n) is 2.43. The number of amides is 1. The van der Waals surface area contributed by atoms with Crippen molar-refractivity contribution in [3.05, 3.63) is 23.8 Å². The van der Waals surface area contributed by atoms with Crippen LogP contribution in [0.2, 0.25) is 0 Å². The monoisotopic (exact) mass is 246 g/mol. The second-order valence-electron chi connectivity index (χ2n) is 5.32. The van der Waals surface area contributed by atoms with Crippen LogP contribution in [0.15, 0.2) is 18.2 Å². The summed E-state index contributed by atoms with van der Waals surface area (Å²) in [6, 6.07) is 6.72. The van der Waals surface area contributed by atoms with Gasteiger partial charge in [-0.1, -0.05) is 20.8 Å². The van der Waals surface area contributed by atoms with Crippen molar-refractivity contribution < 1.29 is 4.79 Å². The maximum Gasteiger partial charge on any atom is 0.224 e. The van der Waals surface area contributed by atoms with E-state index in [4.69, 9.17) is 0 Å². The zero-order valence-electron chi connectivity index (χ0n) is 11.4. The highest BCUT2D eigenvalue weighted by Crippen LogP contribution is 2.26. The maximum absolute atomic E-state index is 11.3. The topological polar surface area (TPSA) is 41.1 Å². The molecular weight excluding hydrogens is 224 g/mol. The summed E-state index contributed by atoms with van der Waals surface area (Å²) < 4.78 is 0. The molecule has 0 spiro atoms. The molecule has 0 saturated heterocycles. The average molecular weight is 246 g/mol. The van der Waals surface area contributed by atoms with Gasteiger partial charge in [0.15, 0.2) is 0 Å². The van der Waals surface area contributed by atoms with Crippen LogP contribution in [0.3, 0.4) is 0 Å². The van der Waals surface area contributed by atoms with Gasteiger partial charge in [-0.15, -0.1) is 0 Å². The summed E-state index contributed by atoms with van der Waals surface area (Å²) in [5.41, 5.74) is 3.36. The molecule has 1 atom stereocenters. The van der Waals surface area contributed by atoms with Gasteiger partial charge < -0.3 is 10.6 Å². The van der Waals surface area contributed by atoms with Crippen molar-refractivity contribution in [1.29, 1.82) is 0 Å². The molecule has 3 heteroatoms. The Morgan fingerprint density at radius 3 is 2.78 bits per heavy atom. The van der Waals surface area contributed by atoms with Gasteiger partial charge in [0.2, 0.25) is 5.91 Å². The van der Waals surface area contributed by atoms with Crippen molar-refractivity contribution in [3.8, 4) is 0 Å². The van der Waals surface area contributed by atoms with Crippen LogP contribution in [0.5, 0.6) is 0 Å². The molecule has 0 aromatic heterocycles. The van der Waals surface area contributed by atoms with E-state index < -0.39 is 0 Å². The molecule has 1 aromatic carbocycles. The lowest BCUT2D eigenvalue weighted by atomic mass is 9.99. The van der Waals surface area contributed by atoms with Crippen LogP contribution in [-0.2, 0) is 11.2 Å². The summed E-state index contributed by atoms with van der Waals surface area (Å²) in [4.78, 5) is 11.3. The predicted octanol–water partition coefficient (Wildman–Crippen LogP) is 3.42. The van der Waals surface area contributed by atoms with Gasteiger partial charge in [0.25, 0.3) is 0 Å². The van der Waals surface area contributed by atoms with Crippen LogP contribution in [0.4, 0.5) is 11.4 Å². The number of fused-ring (bicyclic) bond motifs is 1. The Morgan fingerprint density at radius 2 is 2.11 bits per heavy atom. The third-order valence-corrected chi connectivity index (χ3v) is 3.60. The Balaban J connectivity index is 2.14. The highest BCUT2D eigenvalue weighted by atomic mass is 16.1. The molecule has 1 amide bonds. The molecule has 98 valence electrons. The summed E-state index contributed by atoms with van der Waals surface area (Å²) in [6.07, 6.45) is 2.55. The van der Waals surface area contributed by atoms with Crippen molar-refractivity contribution in [1.82, 2.24) is 0 Å². The zero-order valence-corrected chi connectivity index (χ0v) is 11.4. The smallest absolute Gasteiger partial charge is 0.224 e. The quantitative estimate of drug-likeness (QED) is 0.854. The number of carbonyl (C=O) groups excluding carboxylic acids is 1. The number of hydrogen-bond donors (Lipinski definition) is 2. The maximum atomic E-state index is 11.3. The first-order valence-corrected chi connectivity index (χ1v) is 6.79. The number of nitrogens with one attached hydrogen (secondary N) is 2. The van der Waals surface area contributed by atoms with Gasteiger partial charge in [0.05, 0.1) is 0 Å². The molecule has 2 N–H and O–H groups in total. The van der Waals surface area contributed by atoms with Gasteiger partial charge in [0.1, 0.15) is 0 Å². The predicted molar refractivity (Wildman–Crippen MR) is 75.9 cm³/mol. The molecule has 2 rings (SSSR count). The highest BCUT2D eigenvalue weighted by molar-refractivity contribution is 5.94. The number of hydrogen-bond acceptors (Lipinski definition) is 2. The second kappa shape index (κ2) is 5.42. The van der Waals surface area contributed by atoms with Crippen molar-refractivity contribution in [2.24, 2.45) is 5.92 Å². The van der Waals surface area contributed by atoms with E-state index in [0.717, 1.165) is 24.2 Å². The third-order valence-electron chi connectivity index (χ3n) is 3.60. The molecule has 0 aliphatic carbocycles. The molecule has 18 heavy (non-hydrogen) atoms. The molecule has 0 saturated carbocycles. The Kier molecular flexibility index (Phi) is 3.90. The average Bonchev–Trinajstić information content (AvgIpc) is 2.35. The van der Waals surface area contributed by atoms with Crippen molar-refractivity contribution in [2.45, 2.75) is 46.1 Å². The largest absolute Gasteiger partial charge is 0.382 e. The van der Waals surface area contributed by atoms with E-state index in [1.807, 2.05) is 6.07 Å². The summed E-state index contributed by atoms with van der Waals surface area (Å²) in [5.74, 6) is 0.738. The van der Waals surface area contributed by atoms with E-state index >= 15 is 0 Å². The van der Waals surface area contributed by atoms with Crippen LogP contribution in [-0.4, -0.2) is 11.9 Å². The minimum atomic E-state index is 0.122. The number of rotatable bonds is 4. The van der Waals surface area contributed by atoms with Crippen molar-refractivity contribution in [2.75, 3.05) is 10.6 Å². The van der Waals surface area contributed by atoms with E-state index in [2.05, 4.69) is 43.5 Å². The molecule has 0 bridgehead atoms. The molecule has 1 aliphatic heterocycles. The van der Waals surface area contributed by atoms with Crippen LogP contribution >= 0.6 is 0 Å². The number of benzene rings is 1. The van der Waals surface area contributed by atoms with E-state index in [-0.39, 0.29) is 5.91 Å². The van der Waals surface area contributed by atoms with Gasteiger partial charge in [0, 0.05) is 23.8 Å². The Bertz CT molecular complexity index is 440. The van der Waals surface area contributed by atoms with Gasteiger partial charge >= 0.3 is 0 Å². The fourth-order valence-corrected chi connectivity index (χ4v) is 2.43. The second-order valence-corrected chi connectivity index (χ2v) is 5.32. The summed E-state index contributed by atoms with van der Waals surface area (Å²) in [6.45, 7) is 6.68. The molecule has 3 nitrogen and oxygen atoms in total. The van der Waals surface area contributed by atoms with Crippen molar-refractivity contribution in [3.63, 3.8) is 0 Å². The van der Waals surface area contributed by atoms with Gasteiger partial charge in [-0.2, -0.15) is 0 Å². The molecule has 1 unspecified atom stereocenters. The van der Waals surface area contributed by atoms with Gasteiger partial charge in [-0.25, -0.2) is 0 Å². The van der Waals surface area contributed by atoms with E-state index in [1.165, 1.54) is 5.56 Å². The third kappa shape index (κ3) is 2.84. The van der Waals surface area contributed by atoms with E-state index in [9.17, 15) is 4.79 Å². The first kappa shape index (κ1) is 12.9. The summed E-state index contributed by atoms with van der Waals surface area (Å²) in [5, 5.41) is 6.49. The number of aryl methyl sites for hydroxylation is 1. The number of anilines is 2. The Morgan fingerprint density at radius 1 is 1.33 bits per heavy atom. The van der Waals surface area contributed by atoms with Crippen LogP contribution in [0.1, 0.15) is 39.2 Å². The minimum absolute atomic E-state index is 0.122. The van der Waals surface area contributed by atoms with E-state index in [1.54, 1.807) is 0 Å². The lowest BCUT2D eigenvalue weighted by Crippen LogP contribution is -2.25. The molecule has 1 heterocycles. The SMILES string of the molecule is CCC(Nc1ccc2c(c1)CCC(=O)N2)C(C)C. The summed E-state index contributed by atoms with van der Waals surface area (Å²) in [7, 11) is 0. The summed E-state index contributed by atoms with van der Waals surface area (Å²) >= 11 is 0. The van der Waals surface area contributed by atoms with Gasteiger partial charge in [-0.05, 0) is 42.5 Å². The molecular formula is C15H22N2O. The first-order chi connectivity index (χ1) is 8.60. The highest BCUT2D eigenvalue weighted by Gasteiger charge is 2.16. The molecule has 1 aliphatic rings. The lowest BCUT2D eigenvalue weighted by Gasteiger charge is -2.24. The van der Waals surface area contributed by atoms with Crippen LogP contribution in [0.25, 0.3) is 0 Å². The standard InChI is InChI=1S/C15H22N2O/c1-4-13(10(2)3)16-12-6-7-14-11(9-12)5-8-15(18)17-14/h6-7,9-10,13,16H,4-5,8H2,1-3H3,(H,17,18). The Labute approximate surface area is 109 Å². The normalized spacial score (nSPS) is 16.1. The molecule has 0 fully saturated rings. The molecule has 1 aromatic rings. The van der Waals surface area contributed by atoms with Crippen LogP contribution in [0, 0.1) is 5.92 Å². The van der Waals surface area contributed by atoms with Crippen LogP contribution < -0.4 is 10.6 Å².